The number of nitrogens with two attached hydrogens (primary N) is 1. The molecule has 0 spiro atoms. The first kappa shape index (κ1) is 15.2. The average molecular weight is 310 g/mol. The summed E-state index contributed by atoms with van der Waals surface area (Å²) in [4.78, 5) is 14.9. The van der Waals surface area contributed by atoms with Gasteiger partial charge in [-0.3, -0.25) is 4.79 Å². The van der Waals surface area contributed by atoms with Gasteiger partial charge >= 0.3 is 0 Å². The van der Waals surface area contributed by atoms with Gasteiger partial charge in [-0.25, -0.2) is 9.37 Å². The molecule has 0 bridgehead atoms. The van der Waals surface area contributed by atoms with Crippen molar-refractivity contribution in [1.29, 1.82) is 0 Å². The Labute approximate surface area is 125 Å². The third kappa shape index (κ3) is 3.90. The highest BCUT2D eigenvalue weighted by Gasteiger charge is 2.11. The second-order valence-corrected chi connectivity index (χ2v) is 4.78. The maximum absolute atomic E-state index is 13.1. The molecule has 1 aromatic carbocycles. The van der Waals surface area contributed by atoms with Crippen molar-refractivity contribution in [3.8, 4) is 0 Å². The van der Waals surface area contributed by atoms with E-state index in [2.05, 4.69) is 10.3 Å². The van der Waals surface area contributed by atoms with Crippen molar-refractivity contribution >= 4 is 23.3 Å². The summed E-state index contributed by atoms with van der Waals surface area (Å²) in [6, 6.07) is 7.05. The van der Waals surface area contributed by atoms with Crippen LogP contribution >= 0.6 is 11.6 Å². The quantitative estimate of drug-likeness (QED) is 0.789. The molecule has 21 heavy (non-hydrogen) atoms. The molecule has 4 N–H and O–H groups in total. The number of hydrogen-bond donors (Lipinski definition) is 3. The molecular weight excluding hydrogens is 297 g/mol. The highest BCUT2D eigenvalue weighted by atomic mass is 35.5. The molecule has 0 fully saturated rings. The van der Waals surface area contributed by atoms with Crippen LogP contribution in [0.15, 0.2) is 36.5 Å². The van der Waals surface area contributed by atoms with Gasteiger partial charge in [0.2, 0.25) is 5.91 Å². The Hall–Kier alpha value is -2.18. The average Bonchev–Trinajstić information content (AvgIpc) is 2.45. The molecule has 0 saturated carbocycles. The van der Waals surface area contributed by atoms with E-state index in [0.717, 1.165) is 0 Å². The van der Waals surface area contributed by atoms with Crippen molar-refractivity contribution in [2.75, 3.05) is 11.9 Å². The van der Waals surface area contributed by atoms with Gasteiger partial charge in [0.15, 0.2) is 0 Å². The van der Waals surface area contributed by atoms with E-state index in [1.165, 1.54) is 30.5 Å². The van der Waals surface area contributed by atoms with Crippen LogP contribution in [0.5, 0.6) is 0 Å². The highest BCUT2D eigenvalue weighted by Crippen LogP contribution is 2.21. The molecule has 0 aliphatic rings. The van der Waals surface area contributed by atoms with Crippen LogP contribution < -0.4 is 11.1 Å². The molecule has 0 aliphatic heterocycles. The summed E-state index contributed by atoms with van der Waals surface area (Å²) in [5.74, 6) is -0.749. The monoisotopic (exact) mass is 309 g/mol. The van der Waals surface area contributed by atoms with E-state index >= 15 is 0 Å². The van der Waals surface area contributed by atoms with Gasteiger partial charge < -0.3 is 16.2 Å². The number of anilines is 1. The van der Waals surface area contributed by atoms with Crippen LogP contribution in [0.4, 0.5) is 10.2 Å². The first-order valence-corrected chi connectivity index (χ1v) is 6.48. The fourth-order valence-corrected chi connectivity index (χ4v) is 1.96. The number of rotatable bonds is 5. The predicted molar refractivity (Wildman–Crippen MR) is 77.6 cm³/mol. The van der Waals surface area contributed by atoms with Gasteiger partial charge in [0, 0.05) is 12.7 Å². The molecule has 110 valence electrons. The Morgan fingerprint density at radius 1 is 1.48 bits per heavy atom. The molecule has 7 heteroatoms. The standard InChI is InChI=1S/C14H13ClFN3O2/c15-11-5-9(13(17)21)6-18-14(11)19-7-12(20)8-2-1-3-10(16)4-8/h1-6,12,20H,7H2,(H2,17,21)(H,18,19)/t12-/m1/s1. The summed E-state index contributed by atoms with van der Waals surface area (Å²) >= 11 is 5.95. The summed E-state index contributed by atoms with van der Waals surface area (Å²) in [7, 11) is 0. The second kappa shape index (κ2) is 6.51. The van der Waals surface area contributed by atoms with E-state index in [0.29, 0.717) is 11.4 Å². The van der Waals surface area contributed by atoms with Gasteiger partial charge in [0.25, 0.3) is 0 Å². The number of primary amides is 1. The van der Waals surface area contributed by atoms with Crippen LogP contribution in [0.25, 0.3) is 0 Å². The minimum Gasteiger partial charge on any atom is -0.387 e. The van der Waals surface area contributed by atoms with Crippen molar-refractivity contribution in [1.82, 2.24) is 4.98 Å². The maximum Gasteiger partial charge on any atom is 0.250 e. The lowest BCUT2D eigenvalue weighted by Crippen LogP contribution is -2.15. The molecule has 1 amide bonds. The van der Waals surface area contributed by atoms with Gasteiger partial charge in [0.1, 0.15) is 11.6 Å². The number of aliphatic hydroxyl groups excluding tert-OH is 1. The molecule has 0 radical (unpaired) electrons. The molecule has 0 aliphatic carbocycles. The summed E-state index contributed by atoms with van der Waals surface area (Å²) in [6.07, 6.45) is 0.361. The molecule has 1 heterocycles. The van der Waals surface area contributed by atoms with E-state index in [1.54, 1.807) is 6.07 Å². The normalized spacial score (nSPS) is 12.0. The van der Waals surface area contributed by atoms with E-state index < -0.39 is 17.8 Å². The molecule has 2 aromatic rings. The van der Waals surface area contributed by atoms with Gasteiger partial charge in [-0.2, -0.15) is 0 Å². The number of amides is 1. The largest absolute Gasteiger partial charge is 0.387 e. The van der Waals surface area contributed by atoms with E-state index in [1.807, 2.05) is 0 Å². The number of nitrogens with one attached hydrogen (secondary N) is 1. The Morgan fingerprint density at radius 3 is 2.86 bits per heavy atom. The zero-order valence-electron chi connectivity index (χ0n) is 10.9. The van der Waals surface area contributed by atoms with Crippen molar-refractivity contribution in [3.63, 3.8) is 0 Å². The molecule has 0 unspecified atom stereocenters. The Kier molecular flexibility index (Phi) is 4.72. The molecule has 5 nitrogen and oxygen atoms in total. The van der Waals surface area contributed by atoms with Gasteiger partial charge in [-0.1, -0.05) is 23.7 Å². The number of hydrogen-bond acceptors (Lipinski definition) is 4. The fraction of sp³-hybridized carbons (Fsp3) is 0.143. The number of carbonyl (C=O) groups is 1. The summed E-state index contributed by atoms with van der Waals surface area (Å²) < 4.78 is 13.1. The number of halogens is 2. The second-order valence-electron chi connectivity index (χ2n) is 4.37. The van der Waals surface area contributed by atoms with E-state index in [9.17, 15) is 14.3 Å². The van der Waals surface area contributed by atoms with E-state index in [4.69, 9.17) is 17.3 Å². The van der Waals surface area contributed by atoms with Crippen molar-refractivity contribution < 1.29 is 14.3 Å². The summed E-state index contributed by atoms with van der Waals surface area (Å²) in [5.41, 5.74) is 5.74. The van der Waals surface area contributed by atoms with Crippen LogP contribution in [0.3, 0.4) is 0 Å². The Balaban J connectivity index is 2.04. The smallest absolute Gasteiger partial charge is 0.250 e. The number of aromatic nitrogens is 1. The molecule has 2 rings (SSSR count). The third-order valence-corrected chi connectivity index (χ3v) is 3.11. The lowest BCUT2D eigenvalue weighted by molar-refractivity contribution is 0.1000. The molecule has 0 saturated heterocycles. The van der Waals surface area contributed by atoms with Crippen LogP contribution in [0.1, 0.15) is 22.0 Å². The number of benzene rings is 1. The minimum absolute atomic E-state index is 0.0894. The highest BCUT2D eigenvalue weighted by molar-refractivity contribution is 6.33. The van der Waals surface area contributed by atoms with Gasteiger partial charge in [-0.15, -0.1) is 0 Å². The van der Waals surface area contributed by atoms with Crippen molar-refractivity contribution in [2.45, 2.75) is 6.10 Å². The lowest BCUT2D eigenvalue weighted by Gasteiger charge is -2.13. The van der Waals surface area contributed by atoms with E-state index in [-0.39, 0.29) is 17.1 Å². The molecule has 1 aromatic heterocycles. The number of nitrogens with zero attached hydrogens (tertiary/aromatic N) is 1. The summed E-state index contributed by atoms with van der Waals surface area (Å²) in [6.45, 7) is 0.0894. The Morgan fingerprint density at radius 2 is 2.24 bits per heavy atom. The van der Waals surface area contributed by atoms with Gasteiger partial charge in [0.05, 0.1) is 16.7 Å². The zero-order chi connectivity index (χ0) is 15.4. The third-order valence-electron chi connectivity index (χ3n) is 2.82. The lowest BCUT2D eigenvalue weighted by atomic mass is 10.1. The van der Waals surface area contributed by atoms with Crippen LogP contribution in [0.2, 0.25) is 5.02 Å². The fourth-order valence-electron chi connectivity index (χ4n) is 1.73. The number of pyridine rings is 1. The van der Waals surface area contributed by atoms with Crippen molar-refractivity contribution in [2.24, 2.45) is 5.73 Å². The van der Waals surface area contributed by atoms with Crippen LogP contribution in [0, 0.1) is 5.82 Å². The topological polar surface area (TPSA) is 88.2 Å². The van der Waals surface area contributed by atoms with Crippen LogP contribution in [-0.2, 0) is 0 Å². The first-order chi connectivity index (χ1) is 9.97. The predicted octanol–water partition coefficient (Wildman–Crippen LogP) is 2.12. The number of carbonyl (C=O) groups excluding carboxylic acids is 1. The molecular formula is C14H13ClFN3O2. The molecule has 1 atom stereocenters. The summed E-state index contributed by atoms with van der Waals surface area (Å²) in [5, 5.41) is 13.0. The Bertz CT molecular complexity index is 666. The van der Waals surface area contributed by atoms with Crippen LogP contribution in [-0.4, -0.2) is 22.5 Å². The van der Waals surface area contributed by atoms with Gasteiger partial charge in [-0.05, 0) is 23.8 Å². The SMILES string of the molecule is NC(=O)c1cnc(NC[C@@H](O)c2cccc(F)c2)c(Cl)c1. The minimum atomic E-state index is -0.922. The number of aliphatic hydroxyl groups is 1. The zero-order valence-corrected chi connectivity index (χ0v) is 11.6. The maximum atomic E-state index is 13.1. The van der Waals surface area contributed by atoms with Crippen molar-refractivity contribution in [3.05, 3.63) is 58.5 Å². The first-order valence-electron chi connectivity index (χ1n) is 6.10.